The first-order valence-corrected chi connectivity index (χ1v) is 8.98. The first-order chi connectivity index (χ1) is 11.1. The molecule has 0 aromatic heterocycles. The molecule has 0 spiro atoms. The molecule has 1 amide bonds. The van der Waals surface area contributed by atoms with Gasteiger partial charge in [0, 0.05) is 6.42 Å². The SMILES string of the molecule is N#CC1(NC(=O)COC(=O)C[C@@H]2C[C@H]3CC[C@H]2C3)CCCCC1. The van der Waals surface area contributed by atoms with Gasteiger partial charge in [0.1, 0.15) is 5.54 Å². The van der Waals surface area contributed by atoms with E-state index in [-0.39, 0.29) is 18.5 Å². The second-order valence-corrected chi connectivity index (χ2v) is 7.60. The molecule has 5 nitrogen and oxygen atoms in total. The van der Waals surface area contributed by atoms with Gasteiger partial charge in [-0.25, -0.2) is 0 Å². The lowest BCUT2D eigenvalue weighted by atomic mass is 9.83. The lowest BCUT2D eigenvalue weighted by Crippen LogP contribution is -2.50. The van der Waals surface area contributed by atoms with E-state index in [0.29, 0.717) is 31.1 Å². The van der Waals surface area contributed by atoms with Crippen molar-refractivity contribution in [2.45, 2.75) is 69.7 Å². The summed E-state index contributed by atoms with van der Waals surface area (Å²) in [6.45, 7) is -0.261. The second-order valence-electron chi connectivity index (χ2n) is 7.60. The maximum absolute atomic E-state index is 12.0. The second kappa shape index (κ2) is 6.90. The molecule has 3 aliphatic carbocycles. The number of carbonyl (C=O) groups is 2. The Balaban J connectivity index is 1.40. The van der Waals surface area contributed by atoms with Gasteiger partial charge < -0.3 is 10.1 Å². The lowest BCUT2D eigenvalue weighted by molar-refractivity contribution is -0.150. The molecule has 5 heteroatoms. The van der Waals surface area contributed by atoms with E-state index >= 15 is 0 Å². The van der Waals surface area contributed by atoms with Gasteiger partial charge >= 0.3 is 5.97 Å². The topological polar surface area (TPSA) is 79.2 Å². The Hall–Kier alpha value is -1.57. The van der Waals surface area contributed by atoms with Gasteiger partial charge in [0.15, 0.2) is 6.61 Å². The molecule has 3 atom stereocenters. The quantitative estimate of drug-likeness (QED) is 0.790. The predicted molar refractivity (Wildman–Crippen MR) is 84.1 cm³/mol. The molecule has 3 aliphatic rings. The molecule has 0 saturated heterocycles. The van der Waals surface area contributed by atoms with Crippen molar-refractivity contribution in [2.75, 3.05) is 6.61 Å². The molecule has 126 valence electrons. The zero-order valence-corrected chi connectivity index (χ0v) is 13.7. The number of fused-ring (bicyclic) bond motifs is 2. The van der Waals surface area contributed by atoms with Crippen molar-refractivity contribution >= 4 is 11.9 Å². The molecule has 3 fully saturated rings. The highest BCUT2D eigenvalue weighted by atomic mass is 16.5. The number of nitriles is 1. The highest BCUT2D eigenvalue weighted by Crippen LogP contribution is 2.49. The first kappa shape index (κ1) is 16.3. The van der Waals surface area contributed by atoms with E-state index in [0.717, 1.165) is 31.6 Å². The molecule has 0 radical (unpaired) electrons. The number of hydrogen-bond donors (Lipinski definition) is 1. The van der Waals surface area contributed by atoms with Crippen molar-refractivity contribution in [3.8, 4) is 6.07 Å². The van der Waals surface area contributed by atoms with Crippen LogP contribution >= 0.6 is 0 Å². The van der Waals surface area contributed by atoms with Crippen LogP contribution in [0.4, 0.5) is 0 Å². The molecule has 0 unspecified atom stereocenters. The van der Waals surface area contributed by atoms with Crippen molar-refractivity contribution in [3.05, 3.63) is 0 Å². The molecule has 0 aliphatic heterocycles. The number of hydrogen-bond acceptors (Lipinski definition) is 4. The minimum atomic E-state index is -0.758. The van der Waals surface area contributed by atoms with Crippen LogP contribution in [0.15, 0.2) is 0 Å². The van der Waals surface area contributed by atoms with Crippen LogP contribution in [0.2, 0.25) is 0 Å². The summed E-state index contributed by atoms with van der Waals surface area (Å²) >= 11 is 0. The molecular formula is C18H26N2O3. The fourth-order valence-electron chi connectivity index (χ4n) is 4.77. The monoisotopic (exact) mass is 318 g/mol. The Morgan fingerprint density at radius 3 is 2.57 bits per heavy atom. The highest BCUT2D eigenvalue weighted by Gasteiger charge is 2.40. The maximum Gasteiger partial charge on any atom is 0.306 e. The molecule has 0 aromatic carbocycles. The standard InChI is InChI=1S/C18H26N2O3/c19-12-18(6-2-1-3-7-18)20-16(21)11-23-17(22)10-15-9-13-4-5-14(15)8-13/h13-15H,1-11H2,(H,20,21)/t13-,14-,15-/m0/s1. The van der Waals surface area contributed by atoms with E-state index in [4.69, 9.17) is 4.74 Å². The molecule has 0 aromatic rings. The predicted octanol–water partition coefficient (Wildman–Crippen LogP) is 2.70. The summed E-state index contributed by atoms with van der Waals surface area (Å²) in [6, 6.07) is 2.24. The minimum Gasteiger partial charge on any atom is -0.456 e. The van der Waals surface area contributed by atoms with Crippen LogP contribution in [0.1, 0.15) is 64.2 Å². The van der Waals surface area contributed by atoms with Crippen LogP contribution in [0.25, 0.3) is 0 Å². The zero-order valence-electron chi connectivity index (χ0n) is 13.7. The third-order valence-corrected chi connectivity index (χ3v) is 5.98. The highest BCUT2D eigenvalue weighted by molar-refractivity contribution is 5.81. The number of nitrogens with zero attached hydrogens (tertiary/aromatic N) is 1. The molecule has 2 bridgehead atoms. The third kappa shape index (κ3) is 3.85. The fraction of sp³-hybridized carbons (Fsp3) is 0.833. The van der Waals surface area contributed by atoms with E-state index < -0.39 is 5.54 Å². The largest absolute Gasteiger partial charge is 0.456 e. The van der Waals surface area contributed by atoms with Crippen molar-refractivity contribution < 1.29 is 14.3 Å². The van der Waals surface area contributed by atoms with E-state index in [1.165, 1.54) is 19.3 Å². The summed E-state index contributed by atoms with van der Waals surface area (Å²) in [7, 11) is 0. The van der Waals surface area contributed by atoms with Crippen LogP contribution in [-0.2, 0) is 14.3 Å². The van der Waals surface area contributed by atoms with Crippen LogP contribution in [0.3, 0.4) is 0 Å². The Morgan fingerprint density at radius 2 is 1.96 bits per heavy atom. The van der Waals surface area contributed by atoms with Crippen molar-refractivity contribution in [1.29, 1.82) is 5.26 Å². The molecule has 3 rings (SSSR count). The van der Waals surface area contributed by atoms with Gasteiger partial charge in [-0.2, -0.15) is 5.26 Å². The van der Waals surface area contributed by atoms with Crippen LogP contribution < -0.4 is 5.32 Å². The van der Waals surface area contributed by atoms with E-state index in [9.17, 15) is 14.9 Å². The van der Waals surface area contributed by atoms with E-state index in [1.54, 1.807) is 0 Å². The summed E-state index contributed by atoms with van der Waals surface area (Å²) in [6.07, 6.45) is 9.81. The maximum atomic E-state index is 12.0. The zero-order chi connectivity index (χ0) is 16.3. The number of amides is 1. The summed E-state index contributed by atoms with van der Waals surface area (Å²) < 4.78 is 5.14. The van der Waals surface area contributed by atoms with Crippen LogP contribution in [0.5, 0.6) is 0 Å². The smallest absolute Gasteiger partial charge is 0.306 e. The normalized spacial score (nSPS) is 31.3. The molecule has 23 heavy (non-hydrogen) atoms. The van der Waals surface area contributed by atoms with Gasteiger partial charge in [0.25, 0.3) is 5.91 Å². The molecule has 3 saturated carbocycles. The molecule has 0 heterocycles. The lowest BCUT2D eigenvalue weighted by Gasteiger charge is -2.31. The number of nitrogens with one attached hydrogen (secondary N) is 1. The van der Waals surface area contributed by atoms with Gasteiger partial charge in [-0.05, 0) is 49.9 Å². The fourth-order valence-corrected chi connectivity index (χ4v) is 4.77. The number of rotatable bonds is 5. The summed E-state index contributed by atoms with van der Waals surface area (Å²) in [5.74, 6) is 1.32. The minimum absolute atomic E-state index is 0.261. The summed E-state index contributed by atoms with van der Waals surface area (Å²) in [5.41, 5.74) is -0.758. The van der Waals surface area contributed by atoms with Crippen molar-refractivity contribution in [1.82, 2.24) is 5.32 Å². The Kier molecular flexibility index (Phi) is 4.89. The van der Waals surface area contributed by atoms with Crippen molar-refractivity contribution in [2.24, 2.45) is 17.8 Å². The third-order valence-electron chi connectivity index (χ3n) is 5.98. The van der Waals surface area contributed by atoms with Crippen molar-refractivity contribution in [3.63, 3.8) is 0 Å². The van der Waals surface area contributed by atoms with Gasteiger partial charge in [-0.3, -0.25) is 9.59 Å². The summed E-state index contributed by atoms with van der Waals surface area (Å²) in [5, 5.41) is 12.1. The number of esters is 1. The number of ether oxygens (including phenoxy) is 1. The Bertz CT molecular complexity index is 505. The molecular weight excluding hydrogens is 292 g/mol. The van der Waals surface area contributed by atoms with Crippen LogP contribution in [0, 0.1) is 29.1 Å². The average Bonchev–Trinajstić information content (AvgIpc) is 3.16. The van der Waals surface area contributed by atoms with E-state index in [1.807, 2.05) is 0 Å². The van der Waals surface area contributed by atoms with Crippen LogP contribution in [-0.4, -0.2) is 24.0 Å². The Morgan fingerprint density at radius 1 is 1.17 bits per heavy atom. The van der Waals surface area contributed by atoms with Gasteiger partial charge in [0.05, 0.1) is 6.07 Å². The molecule has 1 N–H and O–H groups in total. The van der Waals surface area contributed by atoms with Gasteiger partial charge in [-0.1, -0.05) is 25.7 Å². The van der Waals surface area contributed by atoms with E-state index in [2.05, 4.69) is 11.4 Å². The first-order valence-electron chi connectivity index (χ1n) is 8.98. The van der Waals surface area contributed by atoms with Gasteiger partial charge in [0.2, 0.25) is 0 Å². The average molecular weight is 318 g/mol. The Labute approximate surface area is 137 Å². The number of carbonyl (C=O) groups excluding carboxylic acids is 2. The summed E-state index contributed by atoms with van der Waals surface area (Å²) in [4.78, 5) is 24.0. The van der Waals surface area contributed by atoms with Gasteiger partial charge in [-0.15, -0.1) is 0 Å².